The van der Waals surface area contributed by atoms with Crippen LogP contribution in [0, 0.1) is 6.92 Å². The van der Waals surface area contributed by atoms with Crippen LogP contribution in [0.5, 0.6) is 0 Å². The molecule has 1 saturated heterocycles. The molecule has 4 heteroatoms. The summed E-state index contributed by atoms with van der Waals surface area (Å²) in [6.45, 7) is 4.13. The molecular formula is C13H16O4. The Morgan fingerprint density at radius 2 is 2.24 bits per heavy atom. The normalized spacial score (nSPS) is 28.2. The van der Waals surface area contributed by atoms with E-state index in [9.17, 15) is 4.79 Å². The highest BCUT2D eigenvalue weighted by molar-refractivity contribution is 5.67. The molecule has 1 aromatic rings. The number of rotatable bonds is 3. The lowest BCUT2D eigenvalue weighted by molar-refractivity contribution is -0.166. The van der Waals surface area contributed by atoms with Gasteiger partial charge in [0, 0.05) is 5.56 Å². The molecule has 2 rings (SSSR count). The van der Waals surface area contributed by atoms with Crippen LogP contribution >= 0.6 is 0 Å². The van der Waals surface area contributed by atoms with Gasteiger partial charge in [-0.2, -0.15) is 0 Å². The number of carbonyl (C=O) groups is 1. The lowest BCUT2D eigenvalue weighted by Crippen LogP contribution is -2.25. The van der Waals surface area contributed by atoms with E-state index in [-0.39, 0.29) is 12.5 Å². The Morgan fingerprint density at radius 3 is 2.88 bits per heavy atom. The molecule has 0 aromatic heterocycles. The Labute approximate surface area is 100 Å². The average Bonchev–Trinajstić information content (AvgIpc) is 2.60. The minimum absolute atomic E-state index is 0.0263. The lowest BCUT2D eigenvalue weighted by atomic mass is 10.0. The van der Waals surface area contributed by atoms with E-state index in [2.05, 4.69) is 0 Å². The van der Waals surface area contributed by atoms with Crippen LogP contribution in [0.25, 0.3) is 0 Å². The highest BCUT2D eigenvalue weighted by atomic mass is 16.7. The number of benzene rings is 1. The first-order valence-corrected chi connectivity index (χ1v) is 5.61. The first kappa shape index (κ1) is 12.1. The van der Waals surface area contributed by atoms with Gasteiger partial charge in [-0.15, -0.1) is 0 Å². The van der Waals surface area contributed by atoms with Crippen molar-refractivity contribution in [2.24, 2.45) is 0 Å². The minimum atomic E-state index is -0.868. The zero-order valence-corrected chi connectivity index (χ0v) is 9.97. The molecular weight excluding hydrogens is 220 g/mol. The molecule has 0 radical (unpaired) electrons. The van der Waals surface area contributed by atoms with Crippen molar-refractivity contribution in [2.75, 3.05) is 6.61 Å². The SMILES string of the molecule is Cc1ccccc1C1(C)OCC(CC(=O)O)O1. The molecule has 1 aliphatic rings. The van der Waals surface area contributed by atoms with Crippen LogP contribution in [0.1, 0.15) is 24.5 Å². The van der Waals surface area contributed by atoms with Crippen LogP contribution in [0.4, 0.5) is 0 Å². The van der Waals surface area contributed by atoms with Crippen molar-refractivity contribution >= 4 is 5.97 Å². The van der Waals surface area contributed by atoms with Crippen LogP contribution in [0.2, 0.25) is 0 Å². The second-order valence-electron chi connectivity index (χ2n) is 4.41. The smallest absolute Gasteiger partial charge is 0.306 e. The Balaban J connectivity index is 2.17. The number of carboxylic acid groups (broad SMARTS) is 1. The molecule has 0 spiro atoms. The molecule has 1 heterocycles. The maximum Gasteiger partial charge on any atom is 0.306 e. The maximum absolute atomic E-state index is 10.6. The van der Waals surface area contributed by atoms with Gasteiger partial charge in [-0.1, -0.05) is 24.3 Å². The number of aliphatic carboxylic acids is 1. The molecule has 92 valence electrons. The van der Waals surface area contributed by atoms with Gasteiger partial charge in [-0.3, -0.25) is 4.79 Å². The summed E-state index contributed by atoms with van der Waals surface area (Å²) in [5.41, 5.74) is 2.03. The fraction of sp³-hybridized carbons (Fsp3) is 0.462. The van der Waals surface area contributed by atoms with Crippen LogP contribution in [0.15, 0.2) is 24.3 Å². The third kappa shape index (κ3) is 2.48. The van der Waals surface area contributed by atoms with Crippen LogP contribution in [-0.4, -0.2) is 23.8 Å². The summed E-state index contributed by atoms with van der Waals surface area (Å²) in [5.74, 6) is -1.70. The third-order valence-electron chi connectivity index (χ3n) is 2.97. The Bertz CT molecular complexity index is 429. The number of carboxylic acids is 1. The average molecular weight is 236 g/mol. The summed E-state index contributed by atoms with van der Waals surface area (Å²) in [6.07, 6.45) is -0.404. The summed E-state index contributed by atoms with van der Waals surface area (Å²) in [6, 6.07) is 7.80. The van der Waals surface area contributed by atoms with Gasteiger partial charge in [0.2, 0.25) is 0 Å². The lowest BCUT2D eigenvalue weighted by Gasteiger charge is -2.25. The molecule has 1 aromatic carbocycles. The molecule has 17 heavy (non-hydrogen) atoms. The van der Waals surface area contributed by atoms with Gasteiger partial charge >= 0.3 is 5.97 Å². The van der Waals surface area contributed by atoms with E-state index in [1.165, 1.54) is 0 Å². The quantitative estimate of drug-likeness (QED) is 0.872. The predicted octanol–water partition coefficient (Wildman–Crippen LogP) is 2.06. The summed E-state index contributed by atoms with van der Waals surface area (Å²) < 4.78 is 11.4. The molecule has 0 bridgehead atoms. The highest BCUT2D eigenvalue weighted by Crippen LogP contribution is 2.36. The summed E-state index contributed by atoms with van der Waals surface area (Å²) in [5, 5.41) is 8.73. The van der Waals surface area contributed by atoms with Crippen molar-refractivity contribution in [2.45, 2.75) is 32.2 Å². The van der Waals surface area contributed by atoms with E-state index < -0.39 is 11.8 Å². The van der Waals surface area contributed by atoms with Crippen molar-refractivity contribution in [3.8, 4) is 0 Å². The second kappa shape index (κ2) is 4.47. The molecule has 2 atom stereocenters. The minimum Gasteiger partial charge on any atom is -0.481 e. The molecule has 4 nitrogen and oxygen atoms in total. The molecule has 2 unspecified atom stereocenters. The van der Waals surface area contributed by atoms with Crippen molar-refractivity contribution in [3.63, 3.8) is 0 Å². The number of hydrogen-bond donors (Lipinski definition) is 1. The van der Waals surface area contributed by atoms with E-state index in [0.29, 0.717) is 6.61 Å². The van der Waals surface area contributed by atoms with Gasteiger partial charge in [-0.05, 0) is 19.4 Å². The van der Waals surface area contributed by atoms with E-state index in [1.807, 2.05) is 38.1 Å². The van der Waals surface area contributed by atoms with Gasteiger partial charge < -0.3 is 14.6 Å². The van der Waals surface area contributed by atoms with E-state index in [0.717, 1.165) is 11.1 Å². The van der Waals surface area contributed by atoms with Crippen molar-refractivity contribution in [3.05, 3.63) is 35.4 Å². The Morgan fingerprint density at radius 1 is 1.53 bits per heavy atom. The summed E-state index contributed by atoms with van der Waals surface area (Å²) in [4.78, 5) is 10.6. The van der Waals surface area contributed by atoms with Gasteiger partial charge in [0.1, 0.15) is 0 Å². The Hall–Kier alpha value is -1.39. The monoisotopic (exact) mass is 236 g/mol. The van der Waals surface area contributed by atoms with E-state index in [1.54, 1.807) is 0 Å². The topological polar surface area (TPSA) is 55.8 Å². The predicted molar refractivity (Wildman–Crippen MR) is 61.6 cm³/mol. The first-order chi connectivity index (χ1) is 8.01. The van der Waals surface area contributed by atoms with E-state index in [4.69, 9.17) is 14.6 Å². The van der Waals surface area contributed by atoms with Crippen LogP contribution < -0.4 is 0 Å². The number of aryl methyl sites for hydroxylation is 1. The third-order valence-corrected chi connectivity index (χ3v) is 2.97. The molecule has 1 fully saturated rings. The maximum atomic E-state index is 10.6. The van der Waals surface area contributed by atoms with Crippen molar-refractivity contribution in [1.29, 1.82) is 0 Å². The van der Waals surface area contributed by atoms with Gasteiger partial charge in [-0.25, -0.2) is 0 Å². The van der Waals surface area contributed by atoms with Crippen LogP contribution in [0.3, 0.4) is 0 Å². The van der Waals surface area contributed by atoms with E-state index >= 15 is 0 Å². The second-order valence-corrected chi connectivity index (χ2v) is 4.41. The van der Waals surface area contributed by atoms with Crippen molar-refractivity contribution in [1.82, 2.24) is 0 Å². The highest BCUT2D eigenvalue weighted by Gasteiger charge is 2.40. The standard InChI is InChI=1S/C13H16O4/c1-9-5-3-4-6-11(9)13(2)16-8-10(17-13)7-12(14)15/h3-6,10H,7-8H2,1-2H3,(H,14,15). The molecule has 0 amide bonds. The number of hydrogen-bond acceptors (Lipinski definition) is 3. The summed E-state index contributed by atoms with van der Waals surface area (Å²) in [7, 11) is 0. The molecule has 1 aliphatic heterocycles. The fourth-order valence-corrected chi connectivity index (χ4v) is 2.16. The van der Waals surface area contributed by atoms with Crippen LogP contribution in [-0.2, 0) is 20.1 Å². The van der Waals surface area contributed by atoms with Gasteiger partial charge in [0.15, 0.2) is 5.79 Å². The van der Waals surface area contributed by atoms with Gasteiger partial charge in [0.05, 0.1) is 19.1 Å². The summed E-state index contributed by atoms with van der Waals surface area (Å²) >= 11 is 0. The Kier molecular flexibility index (Phi) is 3.17. The molecule has 1 N–H and O–H groups in total. The zero-order valence-electron chi connectivity index (χ0n) is 9.97. The molecule has 0 saturated carbocycles. The first-order valence-electron chi connectivity index (χ1n) is 5.61. The number of ether oxygens (including phenoxy) is 2. The fourth-order valence-electron chi connectivity index (χ4n) is 2.16. The van der Waals surface area contributed by atoms with Gasteiger partial charge in [0.25, 0.3) is 0 Å². The zero-order chi connectivity index (χ0) is 12.5. The largest absolute Gasteiger partial charge is 0.481 e. The molecule has 0 aliphatic carbocycles. The van der Waals surface area contributed by atoms with Crippen molar-refractivity contribution < 1.29 is 19.4 Å².